The van der Waals surface area contributed by atoms with Gasteiger partial charge in [0.1, 0.15) is 5.82 Å². The number of anilines is 2. The summed E-state index contributed by atoms with van der Waals surface area (Å²) in [6.07, 6.45) is 0. The predicted molar refractivity (Wildman–Crippen MR) is 86.7 cm³/mol. The summed E-state index contributed by atoms with van der Waals surface area (Å²) in [7, 11) is 0. The van der Waals surface area contributed by atoms with Crippen LogP contribution in [0.5, 0.6) is 0 Å². The van der Waals surface area contributed by atoms with Crippen LogP contribution in [0.15, 0.2) is 34.8 Å². The molecule has 0 aliphatic rings. The molecule has 1 N–H and O–H groups in total. The van der Waals surface area contributed by atoms with Crippen molar-refractivity contribution < 1.29 is 4.39 Å². The van der Waals surface area contributed by atoms with Crippen LogP contribution in [0.3, 0.4) is 0 Å². The summed E-state index contributed by atoms with van der Waals surface area (Å²) in [5.74, 6) is -0.303. The Kier molecular flexibility index (Phi) is 3.67. The van der Waals surface area contributed by atoms with Gasteiger partial charge in [-0.25, -0.2) is 9.37 Å². The summed E-state index contributed by atoms with van der Waals surface area (Å²) in [5.41, 5.74) is 2.52. The highest BCUT2D eigenvalue weighted by Gasteiger charge is 2.09. The first-order valence-corrected chi connectivity index (χ1v) is 7.80. The first-order valence-electron chi connectivity index (χ1n) is 5.82. The average Bonchev–Trinajstić information content (AvgIpc) is 2.77. The van der Waals surface area contributed by atoms with Crippen molar-refractivity contribution in [3.05, 3.63) is 51.2 Å². The third-order valence-corrected chi connectivity index (χ3v) is 4.64. The molecule has 2 nitrogen and oxygen atoms in total. The summed E-state index contributed by atoms with van der Waals surface area (Å²) in [6.45, 7) is 1.91. The molecule has 6 heteroatoms. The van der Waals surface area contributed by atoms with Gasteiger partial charge < -0.3 is 5.32 Å². The highest BCUT2D eigenvalue weighted by atomic mass is 79.9. The fourth-order valence-corrected chi connectivity index (χ4v) is 3.46. The van der Waals surface area contributed by atoms with Gasteiger partial charge in [-0.1, -0.05) is 22.9 Å². The number of aryl methyl sites for hydroxylation is 1. The summed E-state index contributed by atoms with van der Waals surface area (Å²) in [5, 5.41) is 4.55. The lowest BCUT2D eigenvalue weighted by Crippen LogP contribution is -1.94. The second kappa shape index (κ2) is 5.31. The minimum Gasteiger partial charge on any atom is -0.331 e. The molecule has 0 aliphatic carbocycles. The van der Waals surface area contributed by atoms with E-state index in [0.29, 0.717) is 20.3 Å². The molecule has 0 unspecified atom stereocenters. The molecular formula is C14H9BrClFN2S. The molecule has 0 aliphatic heterocycles. The molecule has 0 saturated carbocycles. The van der Waals surface area contributed by atoms with E-state index >= 15 is 0 Å². The average molecular weight is 372 g/mol. The molecule has 1 aromatic heterocycles. The number of aromatic nitrogens is 1. The van der Waals surface area contributed by atoms with E-state index in [9.17, 15) is 4.39 Å². The number of fused-ring (bicyclic) bond motifs is 1. The van der Waals surface area contributed by atoms with Crippen LogP contribution < -0.4 is 5.32 Å². The van der Waals surface area contributed by atoms with Crippen LogP contribution in [0.1, 0.15) is 5.56 Å². The summed E-state index contributed by atoms with van der Waals surface area (Å²) >= 11 is 10.6. The lowest BCUT2D eigenvalue weighted by molar-refractivity contribution is 0.621. The van der Waals surface area contributed by atoms with Gasteiger partial charge in [0, 0.05) is 10.7 Å². The van der Waals surface area contributed by atoms with Crippen LogP contribution in [0.4, 0.5) is 15.2 Å². The molecule has 102 valence electrons. The summed E-state index contributed by atoms with van der Waals surface area (Å²) < 4.78 is 15.0. The van der Waals surface area contributed by atoms with E-state index in [0.717, 1.165) is 15.8 Å². The molecule has 0 bridgehead atoms. The van der Waals surface area contributed by atoms with E-state index < -0.39 is 0 Å². The van der Waals surface area contributed by atoms with E-state index in [1.54, 1.807) is 12.1 Å². The van der Waals surface area contributed by atoms with Crippen LogP contribution in [-0.4, -0.2) is 4.98 Å². The Labute approximate surface area is 132 Å². The summed E-state index contributed by atoms with van der Waals surface area (Å²) in [6, 6.07) is 8.74. The Morgan fingerprint density at radius 3 is 2.90 bits per heavy atom. The molecule has 0 radical (unpaired) electrons. The second-order valence-electron chi connectivity index (χ2n) is 4.34. The predicted octanol–water partition coefficient (Wildman–Crippen LogP) is 5.90. The molecule has 20 heavy (non-hydrogen) atoms. The highest BCUT2D eigenvalue weighted by molar-refractivity contribution is 9.10. The van der Waals surface area contributed by atoms with Crippen molar-refractivity contribution in [1.29, 1.82) is 0 Å². The maximum absolute atomic E-state index is 13.6. The van der Waals surface area contributed by atoms with E-state index in [2.05, 4.69) is 26.2 Å². The normalized spacial score (nSPS) is 11.0. The first kappa shape index (κ1) is 13.8. The van der Waals surface area contributed by atoms with Gasteiger partial charge in [0.05, 0.1) is 14.7 Å². The number of hydrogen-bond donors (Lipinski definition) is 1. The zero-order chi connectivity index (χ0) is 14.3. The Morgan fingerprint density at radius 2 is 2.10 bits per heavy atom. The van der Waals surface area contributed by atoms with Crippen molar-refractivity contribution >= 4 is 59.9 Å². The minimum atomic E-state index is -0.303. The molecule has 0 spiro atoms. The maximum atomic E-state index is 13.6. The molecule has 1 heterocycles. The second-order valence-corrected chi connectivity index (χ2v) is 6.66. The van der Waals surface area contributed by atoms with Crippen molar-refractivity contribution in [2.24, 2.45) is 0 Å². The van der Waals surface area contributed by atoms with Crippen molar-refractivity contribution in [2.75, 3.05) is 5.32 Å². The Balaban J connectivity index is 1.99. The van der Waals surface area contributed by atoms with Crippen LogP contribution in [-0.2, 0) is 0 Å². The molecule has 3 aromatic rings. The van der Waals surface area contributed by atoms with Gasteiger partial charge in [-0.3, -0.25) is 0 Å². The standard InChI is InChI=1S/C14H9BrClFN2S/c1-7-4-9(15)10(17)6-12(7)19-14-18-11-3-2-8(16)5-13(11)20-14/h2-6H,1H3,(H,18,19). The van der Waals surface area contributed by atoms with Crippen molar-refractivity contribution in [3.63, 3.8) is 0 Å². The van der Waals surface area contributed by atoms with Crippen LogP contribution >= 0.6 is 38.9 Å². The van der Waals surface area contributed by atoms with Crippen molar-refractivity contribution in [2.45, 2.75) is 6.92 Å². The van der Waals surface area contributed by atoms with Crippen LogP contribution in [0, 0.1) is 12.7 Å². The summed E-state index contributed by atoms with van der Waals surface area (Å²) in [4.78, 5) is 4.46. The zero-order valence-corrected chi connectivity index (χ0v) is 13.5. The van der Waals surface area contributed by atoms with Gasteiger partial charge >= 0.3 is 0 Å². The van der Waals surface area contributed by atoms with E-state index in [-0.39, 0.29) is 5.82 Å². The topological polar surface area (TPSA) is 24.9 Å². The zero-order valence-electron chi connectivity index (χ0n) is 10.4. The fraction of sp³-hybridized carbons (Fsp3) is 0.0714. The fourth-order valence-electron chi connectivity index (χ4n) is 1.85. The molecule has 3 rings (SSSR count). The smallest absolute Gasteiger partial charge is 0.188 e. The highest BCUT2D eigenvalue weighted by Crippen LogP contribution is 2.32. The number of nitrogens with zero attached hydrogens (tertiary/aromatic N) is 1. The molecule has 0 saturated heterocycles. The Bertz CT molecular complexity index is 803. The van der Waals surface area contributed by atoms with Crippen LogP contribution in [0.2, 0.25) is 5.02 Å². The SMILES string of the molecule is Cc1cc(Br)c(F)cc1Nc1nc2ccc(Cl)cc2s1. The number of halogens is 3. The van der Waals surface area contributed by atoms with Gasteiger partial charge in [-0.2, -0.15) is 0 Å². The monoisotopic (exact) mass is 370 g/mol. The minimum absolute atomic E-state index is 0.303. The van der Waals surface area contributed by atoms with E-state index in [1.165, 1.54) is 17.4 Å². The maximum Gasteiger partial charge on any atom is 0.188 e. The van der Waals surface area contributed by atoms with Gasteiger partial charge in [0.15, 0.2) is 5.13 Å². The van der Waals surface area contributed by atoms with Crippen LogP contribution in [0.25, 0.3) is 10.2 Å². The quantitative estimate of drug-likeness (QED) is 0.606. The number of benzene rings is 2. The molecule has 0 atom stereocenters. The number of thiazole rings is 1. The number of rotatable bonds is 2. The lowest BCUT2D eigenvalue weighted by atomic mass is 10.2. The Hall–Kier alpha value is -1.17. The van der Waals surface area contributed by atoms with Gasteiger partial charge in [0.25, 0.3) is 0 Å². The van der Waals surface area contributed by atoms with E-state index in [4.69, 9.17) is 11.6 Å². The largest absolute Gasteiger partial charge is 0.331 e. The van der Waals surface area contributed by atoms with E-state index in [1.807, 2.05) is 19.1 Å². The molecule has 0 fully saturated rings. The van der Waals surface area contributed by atoms with Crippen molar-refractivity contribution in [3.8, 4) is 0 Å². The Morgan fingerprint density at radius 1 is 1.30 bits per heavy atom. The molecule has 0 amide bonds. The molecule has 2 aromatic carbocycles. The number of nitrogens with one attached hydrogen (secondary N) is 1. The van der Waals surface area contributed by atoms with Crippen molar-refractivity contribution in [1.82, 2.24) is 4.98 Å². The molecular weight excluding hydrogens is 363 g/mol. The van der Waals surface area contributed by atoms with Gasteiger partial charge in [-0.05, 0) is 58.7 Å². The lowest BCUT2D eigenvalue weighted by Gasteiger charge is -2.07. The third kappa shape index (κ3) is 2.66. The van der Waals surface area contributed by atoms with Gasteiger partial charge in [-0.15, -0.1) is 0 Å². The van der Waals surface area contributed by atoms with Gasteiger partial charge in [0.2, 0.25) is 0 Å². The number of hydrogen-bond acceptors (Lipinski definition) is 3. The first-order chi connectivity index (χ1) is 9.52. The third-order valence-electron chi connectivity index (χ3n) is 2.86.